The highest BCUT2D eigenvalue weighted by Crippen LogP contribution is 2.19. The minimum Gasteiger partial charge on any atom is -0.397 e. The van der Waals surface area contributed by atoms with Gasteiger partial charge in [0.05, 0.1) is 11.4 Å². The molecule has 1 aromatic carbocycles. The average Bonchev–Trinajstić information content (AvgIpc) is 2.06. The molecule has 72 valence electrons. The lowest BCUT2D eigenvalue weighted by atomic mass is 10.2. The van der Waals surface area contributed by atoms with Gasteiger partial charge in [-0.3, -0.25) is 0 Å². The van der Waals surface area contributed by atoms with Gasteiger partial charge in [0.15, 0.2) is 0 Å². The van der Waals surface area contributed by atoms with E-state index in [2.05, 4.69) is 24.9 Å². The molecule has 0 spiro atoms. The van der Waals surface area contributed by atoms with Crippen molar-refractivity contribution in [3.8, 4) is 0 Å². The molecule has 2 nitrogen and oxygen atoms in total. The maximum Gasteiger partial charge on any atom is 0.0576 e. The third kappa shape index (κ3) is 3.19. The smallest absolute Gasteiger partial charge is 0.0576 e. The molecule has 1 rings (SSSR count). The number of aryl methyl sites for hydroxylation is 1. The van der Waals surface area contributed by atoms with Crippen molar-refractivity contribution in [3.63, 3.8) is 0 Å². The SMILES string of the molecule is Cc1ccc(N)c(NCC(C)S)c1. The number of nitrogen functional groups attached to an aromatic ring is 1. The van der Waals surface area contributed by atoms with Crippen LogP contribution in [-0.2, 0) is 0 Å². The molecule has 0 aliphatic rings. The molecule has 0 aromatic heterocycles. The van der Waals surface area contributed by atoms with E-state index in [9.17, 15) is 0 Å². The van der Waals surface area contributed by atoms with E-state index in [0.29, 0.717) is 5.25 Å². The number of anilines is 2. The molecule has 0 bridgehead atoms. The zero-order chi connectivity index (χ0) is 9.84. The Balaban J connectivity index is 2.70. The first-order valence-corrected chi connectivity index (χ1v) is 4.89. The van der Waals surface area contributed by atoms with Gasteiger partial charge in [-0.25, -0.2) is 0 Å². The quantitative estimate of drug-likeness (QED) is 0.512. The van der Waals surface area contributed by atoms with E-state index in [4.69, 9.17) is 5.73 Å². The van der Waals surface area contributed by atoms with Crippen LogP contribution >= 0.6 is 12.6 Å². The second kappa shape index (κ2) is 4.42. The van der Waals surface area contributed by atoms with Gasteiger partial charge in [0, 0.05) is 11.8 Å². The van der Waals surface area contributed by atoms with Crippen LogP contribution in [0.1, 0.15) is 12.5 Å². The molecule has 0 amide bonds. The van der Waals surface area contributed by atoms with Crippen LogP contribution in [0.15, 0.2) is 18.2 Å². The Bertz CT molecular complexity index is 284. The van der Waals surface area contributed by atoms with Crippen LogP contribution in [0.3, 0.4) is 0 Å². The Morgan fingerprint density at radius 2 is 2.23 bits per heavy atom. The third-order valence-corrected chi connectivity index (χ3v) is 1.98. The predicted octanol–water partition coefficient (Wildman–Crippen LogP) is 2.31. The van der Waals surface area contributed by atoms with Crippen molar-refractivity contribution in [1.82, 2.24) is 0 Å². The van der Waals surface area contributed by atoms with Gasteiger partial charge < -0.3 is 11.1 Å². The molecule has 0 saturated heterocycles. The second-order valence-corrected chi connectivity index (χ2v) is 4.20. The summed E-state index contributed by atoms with van der Waals surface area (Å²) in [5, 5.41) is 3.59. The Morgan fingerprint density at radius 1 is 1.54 bits per heavy atom. The summed E-state index contributed by atoms with van der Waals surface area (Å²) < 4.78 is 0. The summed E-state index contributed by atoms with van der Waals surface area (Å²) in [5.41, 5.74) is 8.79. The number of rotatable bonds is 3. The van der Waals surface area contributed by atoms with E-state index in [1.165, 1.54) is 5.56 Å². The lowest BCUT2D eigenvalue weighted by Crippen LogP contribution is -2.11. The van der Waals surface area contributed by atoms with Gasteiger partial charge in [-0.05, 0) is 24.6 Å². The average molecular weight is 196 g/mol. The summed E-state index contributed by atoms with van der Waals surface area (Å²) in [7, 11) is 0. The fourth-order valence-electron chi connectivity index (χ4n) is 1.08. The molecule has 0 fully saturated rings. The Hall–Kier alpha value is -0.830. The van der Waals surface area contributed by atoms with Crippen molar-refractivity contribution in [3.05, 3.63) is 23.8 Å². The molecule has 13 heavy (non-hydrogen) atoms. The topological polar surface area (TPSA) is 38.0 Å². The number of thiol groups is 1. The monoisotopic (exact) mass is 196 g/mol. The van der Waals surface area contributed by atoms with Gasteiger partial charge in [-0.2, -0.15) is 12.6 Å². The number of hydrogen-bond acceptors (Lipinski definition) is 3. The van der Waals surface area contributed by atoms with Gasteiger partial charge in [0.1, 0.15) is 0 Å². The van der Waals surface area contributed by atoms with Gasteiger partial charge in [-0.15, -0.1) is 0 Å². The largest absolute Gasteiger partial charge is 0.397 e. The normalized spacial score (nSPS) is 12.5. The van der Waals surface area contributed by atoms with Crippen molar-refractivity contribution in [2.24, 2.45) is 0 Å². The Labute approximate surface area is 84.9 Å². The summed E-state index contributed by atoms with van der Waals surface area (Å²) in [6.07, 6.45) is 0. The number of hydrogen-bond donors (Lipinski definition) is 3. The zero-order valence-corrected chi connectivity index (χ0v) is 8.94. The van der Waals surface area contributed by atoms with E-state index in [1.807, 2.05) is 25.1 Å². The van der Waals surface area contributed by atoms with Gasteiger partial charge in [-0.1, -0.05) is 13.0 Å². The molecule has 3 N–H and O–H groups in total. The van der Waals surface area contributed by atoms with Gasteiger partial charge in [0.2, 0.25) is 0 Å². The highest BCUT2D eigenvalue weighted by molar-refractivity contribution is 7.80. The minimum absolute atomic E-state index is 0.333. The molecule has 1 unspecified atom stereocenters. The second-order valence-electron chi connectivity index (χ2n) is 3.32. The van der Waals surface area contributed by atoms with E-state index in [1.54, 1.807) is 0 Å². The molecular weight excluding hydrogens is 180 g/mol. The molecule has 0 aliphatic heterocycles. The van der Waals surface area contributed by atoms with Crippen molar-refractivity contribution in [2.45, 2.75) is 19.1 Å². The van der Waals surface area contributed by atoms with Crippen LogP contribution in [-0.4, -0.2) is 11.8 Å². The molecule has 1 aromatic rings. The zero-order valence-electron chi connectivity index (χ0n) is 8.04. The van der Waals surface area contributed by atoms with E-state index >= 15 is 0 Å². The Kier molecular flexibility index (Phi) is 3.48. The molecular formula is C10H16N2S. The first-order chi connectivity index (χ1) is 6.09. The molecule has 1 atom stereocenters. The summed E-state index contributed by atoms with van der Waals surface area (Å²) in [6, 6.07) is 5.97. The molecule has 0 heterocycles. The summed E-state index contributed by atoms with van der Waals surface area (Å²) in [4.78, 5) is 0. The van der Waals surface area contributed by atoms with Crippen LogP contribution in [0.4, 0.5) is 11.4 Å². The van der Waals surface area contributed by atoms with E-state index in [0.717, 1.165) is 17.9 Å². The van der Waals surface area contributed by atoms with E-state index < -0.39 is 0 Å². The number of nitrogens with one attached hydrogen (secondary N) is 1. The maximum atomic E-state index is 5.79. The van der Waals surface area contributed by atoms with Crippen molar-refractivity contribution in [2.75, 3.05) is 17.6 Å². The summed E-state index contributed by atoms with van der Waals surface area (Å²) in [6.45, 7) is 4.92. The van der Waals surface area contributed by atoms with Crippen LogP contribution in [0, 0.1) is 6.92 Å². The Morgan fingerprint density at radius 3 is 2.85 bits per heavy atom. The van der Waals surface area contributed by atoms with Crippen LogP contribution < -0.4 is 11.1 Å². The fourth-order valence-corrected chi connectivity index (χ4v) is 1.17. The molecule has 3 heteroatoms. The highest BCUT2D eigenvalue weighted by Gasteiger charge is 1.99. The minimum atomic E-state index is 0.333. The third-order valence-electron chi connectivity index (χ3n) is 1.80. The number of nitrogens with two attached hydrogens (primary N) is 1. The fraction of sp³-hybridized carbons (Fsp3) is 0.400. The van der Waals surface area contributed by atoms with Crippen molar-refractivity contribution in [1.29, 1.82) is 0 Å². The standard InChI is InChI=1S/C10H16N2S/c1-7-3-4-9(11)10(5-7)12-6-8(2)13/h3-5,8,12-13H,6,11H2,1-2H3. The lowest BCUT2D eigenvalue weighted by Gasteiger charge is -2.11. The first kappa shape index (κ1) is 10.3. The first-order valence-electron chi connectivity index (χ1n) is 4.37. The predicted molar refractivity (Wildman–Crippen MR) is 62.5 cm³/mol. The van der Waals surface area contributed by atoms with Gasteiger partial charge >= 0.3 is 0 Å². The highest BCUT2D eigenvalue weighted by atomic mass is 32.1. The summed E-state index contributed by atoms with van der Waals surface area (Å²) >= 11 is 4.29. The van der Waals surface area contributed by atoms with E-state index in [-0.39, 0.29) is 0 Å². The molecule has 0 aliphatic carbocycles. The van der Waals surface area contributed by atoms with Crippen molar-refractivity contribution >= 4 is 24.0 Å². The van der Waals surface area contributed by atoms with Crippen molar-refractivity contribution < 1.29 is 0 Å². The van der Waals surface area contributed by atoms with Crippen LogP contribution in [0.2, 0.25) is 0 Å². The molecule has 0 radical (unpaired) electrons. The summed E-state index contributed by atoms with van der Waals surface area (Å²) in [5.74, 6) is 0. The maximum absolute atomic E-state index is 5.79. The van der Waals surface area contributed by atoms with Gasteiger partial charge in [0.25, 0.3) is 0 Å². The number of benzene rings is 1. The van der Waals surface area contributed by atoms with Crippen LogP contribution in [0.25, 0.3) is 0 Å². The molecule has 0 saturated carbocycles. The van der Waals surface area contributed by atoms with Crippen LogP contribution in [0.5, 0.6) is 0 Å². The lowest BCUT2D eigenvalue weighted by molar-refractivity contribution is 1.01.